The second kappa shape index (κ2) is 21.1. The third-order valence-corrected chi connectivity index (χ3v) is 7.94. The van der Waals surface area contributed by atoms with Crippen LogP contribution in [0.5, 0.6) is 0 Å². The number of esters is 2. The van der Waals surface area contributed by atoms with Gasteiger partial charge < -0.3 is 24.0 Å². The van der Waals surface area contributed by atoms with Crippen molar-refractivity contribution < 1.29 is 23.8 Å². The molecule has 0 bridgehead atoms. The Morgan fingerprint density at radius 3 is 1.90 bits per heavy atom. The lowest BCUT2D eigenvalue weighted by molar-refractivity contribution is -0.145. The highest BCUT2D eigenvalue weighted by Gasteiger charge is 2.36. The van der Waals surface area contributed by atoms with Gasteiger partial charge in [0.15, 0.2) is 0 Å². The molecular formula is C32H59N3O5. The standard InChI is InChI=1S/C32H59N3O5/c1-5-8-9-10-11-12-13-14-15-16-17-18-19-20-21-34-26-29(31(36)38-6-2)30(32(37)39-7-3)35(27-34)25-28-24-33(4)22-23-40-28/h28H,5-27H2,1-4H3. The van der Waals surface area contributed by atoms with Gasteiger partial charge in [0.05, 0.1) is 38.2 Å². The van der Waals surface area contributed by atoms with E-state index in [9.17, 15) is 9.59 Å². The van der Waals surface area contributed by atoms with Crippen LogP contribution in [-0.2, 0) is 23.8 Å². The molecule has 0 aromatic rings. The summed E-state index contributed by atoms with van der Waals surface area (Å²) in [7, 11) is 2.08. The van der Waals surface area contributed by atoms with Gasteiger partial charge in [-0.3, -0.25) is 4.90 Å². The molecule has 0 radical (unpaired) electrons. The number of ether oxygens (including phenoxy) is 3. The minimum absolute atomic E-state index is 0.0346. The van der Waals surface area contributed by atoms with Gasteiger partial charge in [-0.1, -0.05) is 90.4 Å². The van der Waals surface area contributed by atoms with Crippen molar-refractivity contribution in [2.45, 2.75) is 117 Å². The molecule has 0 saturated carbocycles. The second-order valence-electron chi connectivity index (χ2n) is 11.5. The molecule has 1 saturated heterocycles. The topological polar surface area (TPSA) is 71.6 Å². The lowest BCUT2D eigenvalue weighted by atomic mass is 10.0. The number of hydrogen-bond acceptors (Lipinski definition) is 8. The zero-order valence-electron chi connectivity index (χ0n) is 26.2. The normalized spacial score (nSPS) is 18.8. The van der Waals surface area contributed by atoms with Gasteiger partial charge in [0.25, 0.3) is 0 Å². The quantitative estimate of drug-likeness (QED) is 0.129. The number of hydrogen-bond donors (Lipinski definition) is 0. The molecular weight excluding hydrogens is 506 g/mol. The van der Waals surface area contributed by atoms with Gasteiger partial charge in [-0.2, -0.15) is 0 Å². The average molecular weight is 566 g/mol. The zero-order chi connectivity index (χ0) is 29.0. The van der Waals surface area contributed by atoms with Crippen LogP contribution in [0.3, 0.4) is 0 Å². The summed E-state index contributed by atoms with van der Waals surface area (Å²) in [5, 5.41) is 0. The Bertz CT molecular complexity index is 744. The molecule has 232 valence electrons. The first kappa shape index (κ1) is 34.6. The average Bonchev–Trinajstić information content (AvgIpc) is 2.93. The number of morpholine rings is 1. The van der Waals surface area contributed by atoms with E-state index in [1.807, 2.05) is 4.90 Å². The maximum absolute atomic E-state index is 13.0. The van der Waals surface area contributed by atoms with Crippen LogP contribution in [0.2, 0.25) is 0 Å². The molecule has 0 aromatic heterocycles. The molecule has 0 N–H and O–H groups in total. The van der Waals surface area contributed by atoms with E-state index in [2.05, 4.69) is 23.8 Å². The van der Waals surface area contributed by atoms with E-state index in [1.165, 1.54) is 83.5 Å². The third kappa shape index (κ3) is 13.3. The van der Waals surface area contributed by atoms with Crippen molar-refractivity contribution in [3.05, 3.63) is 11.3 Å². The van der Waals surface area contributed by atoms with E-state index < -0.39 is 11.9 Å². The van der Waals surface area contributed by atoms with Crippen molar-refractivity contribution in [3.8, 4) is 0 Å². The summed E-state index contributed by atoms with van der Waals surface area (Å²) in [5.74, 6) is -0.881. The number of carbonyl (C=O) groups excluding carboxylic acids is 2. The van der Waals surface area contributed by atoms with Crippen LogP contribution in [-0.4, -0.2) is 99.0 Å². The number of likely N-dealkylation sites (N-methyl/N-ethyl adjacent to an activating group) is 1. The highest BCUT2D eigenvalue weighted by Crippen LogP contribution is 2.24. The van der Waals surface area contributed by atoms with Gasteiger partial charge in [-0.25, -0.2) is 9.59 Å². The largest absolute Gasteiger partial charge is 0.463 e. The number of unbranched alkanes of at least 4 members (excludes halogenated alkanes) is 13. The van der Waals surface area contributed by atoms with Crippen LogP contribution in [0.15, 0.2) is 11.3 Å². The Kier molecular flexibility index (Phi) is 18.2. The monoisotopic (exact) mass is 565 g/mol. The molecule has 1 atom stereocenters. The summed E-state index contributed by atoms with van der Waals surface area (Å²) in [5.41, 5.74) is 0.746. The SMILES string of the molecule is CCCCCCCCCCCCCCCCN1CC(C(=O)OCC)=C(C(=O)OCC)N(CC2CN(C)CCO2)C1. The Hall–Kier alpha value is -1.64. The molecule has 8 nitrogen and oxygen atoms in total. The summed E-state index contributed by atoms with van der Waals surface area (Å²) >= 11 is 0. The molecule has 2 heterocycles. The third-order valence-electron chi connectivity index (χ3n) is 7.94. The van der Waals surface area contributed by atoms with Gasteiger partial charge in [0.1, 0.15) is 5.70 Å². The van der Waals surface area contributed by atoms with E-state index in [0.29, 0.717) is 37.6 Å². The molecule has 1 fully saturated rings. The van der Waals surface area contributed by atoms with Crippen LogP contribution < -0.4 is 0 Å². The summed E-state index contributed by atoms with van der Waals surface area (Å²) in [6, 6.07) is 0. The van der Waals surface area contributed by atoms with E-state index >= 15 is 0 Å². The van der Waals surface area contributed by atoms with Crippen molar-refractivity contribution in [1.29, 1.82) is 0 Å². The fraction of sp³-hybridized carbons (Fsp3) is 0.875. The summed E-state index contributed by atoms with van der Waals surface area (Å²) < 4.78 is 16.8. The molecule has 40 heavy (non-hydrogen) atoms. The Morgan fingerprint density at radius 2 is 1.35 bits per heavy atom. The van der Waals surface area contributed by atoms with Gasteiger partial charge >= 0.3 is 11.9 Å². The lowest BCUT2D eigenvalue weighted by Crippen LogP contribution is -2.53. The Morgan fingerprint density at radius 1 is 0.800 bits per heavy atom. The fourth-order valence-corrected chi connectivity index (χ4v) is 5.73. The highest BCUT2D eigenvalue weighted by atomic mass is 16.5. The minimum atomic E-state index is -0.453. The van der Waals surface area contributed by atoms with E-state index in [4.69, 9.17) is 14.2 Å². The van der Waals surface area contributed by atoms with Crippen LogP contribution >= 0.6 is 0 Å². The van der Waals surface area contributed by atoms with Crippen molar-refractivity contribution >= 4 is 11.9 Å². The molecule has 0 aromatic carbocycles. The smallest absolute Gasteiger partial charge is 0.355 e. The number of carbonyl (C=O) groups is 2. The number of nitrogens with zero attached hydrogens (tertiary/aromatic N) is 3. The van der Waals surface area contributed by atoms with Crippen molar-refractivity contribution in [1.82, 2.24) is 14.7 Å². The maximum atomic E-state index is 13.0. The molecule has 1 unspecified atom stereocenters. The number of rotatable bonds is 21. The van der Waals surface area contributed by atoms with Crippen LogP contribution in [0, 0.1) is 0 Å². The summed E-state index contributed by atoms with van der Waals surface area (Å²) in [4.78, 5) is 32.5. The molecule has 2 aliphatic heterocycles. The van der Waals surface area contributed by atoms with E-state index in [1.54, 1.807) is 13.8 Å². The Balaban J connectivity index is 1.82. The van der Waals surface area contributed by atoms with Gasteiger partial charge in [0.2, 0.25) is 0 Å². The van der Waals surface area contributed by atoms with E-state index in [-0.39, 0.29) is 19.3 Å². The first-order valence-electron chi connectivity index (χ1n) is 16.3. The van der Waals surface area contributed by atoms with Crippen LogP contribution in [0.1, 0.15) is 111 Å². The minimum Gasteiger partial charge on any atom is -0.463 e. The fourth-order valence-electron chi connectivity index (χ4n) is 5.73. The maximum Gasteiger partial charge on any atom is 0.355 e. The molecule has 0 spiro atoms. The molecule has 0 amide bonds. The van der Waals surface area contributed by atoms with Crippen molar-refractivity contribution in [2.24, 2.45) is 0 Å². The Labute approximate surface area is 244 Å². The molecule has 8 heteroatoms. The lowest BCUT2D eigenvalue weighted by Gasteiger charge is -2.41. The second-order valence-corrected chi connectivity index (χ2v) is 11.5. The van der Waals surface area contributed by atoms with Crippen molar-refractivity contribution in [3.63, 3.8) is 0 Å². The predicted molar refractivity (Wildman–Crippen MR) is 161 cm³/mol. The van der Waals surface area contributed by atoms with Gasteiger partial charge in [-0.15, -0.1) is 0 Å². The molecule has 0 aliphatic carbocycles. The van der Waals surface area contributed by atoms with Gasteiger partial charge in [0, 0.05) is 32.7 Å². The first-order chi connectivity index (χ1) is 19.5. The highest BCUT2D eigenvalue weighted by molar-refractivity contribution is 6.00. The summed E-state index contributed by atoms with van der Waals surface area (Å²) in [6.07, 6.45) is 18.6. The molecule has 2 aliphatic rings. The van der Waals surface area contributed by atoms with Crippen LogP contribution in [0.25, 0.3) is 0 Å². The van der Waals surface area contributed by atoms with Gasteiger partial charge in [-0.05, 0) is 27.3 Å². The van der Waals surface area contributed by atoms with Crippen LogP contribution in [0.4, 0.5) is 0 Å². The van der Waals surface area contributed by atoms with E-state index in [0.717, 1.165) is 26.1 Å². The molecule has 2 rings (SSSR count). The first-order valence-corrected chi connectivity index (χ1v) is 16.3. The summed E-state index contributed by atoms with van der Waals surface area (Å²) in [6.45, 7) is 11.2. The van der Waals surface area contributed by atoms with Crippen molar-refractivity contribution in [2.75, 3.05) is 66.3 Å². The predicted octanol–water partition coefficient (Wildman–Crippen LogP) is 5.75. The zero-order valence-corrected chi connectivity index (χ0v) is 26.2.